The topological polar surface area (TPSA) is 88.0 Å². The molecule has 3 aromatic carbocycles. The highest BCUT2D eigenvalue weighted by atomic mass is 33.1. The van der Waals surface area contributed by atoms with Crippen molar-refractivity contribution in [1.29, 1.82) is 0 Å². The lowest BCUT2D eigenvalue weighted by atomic mass is 9.89. The van der Waals surface area contributed by atoms with Gasteiger partial charge in [0.2, 0.25) is 0 Å². The van der Waals surface area contributed by atoms with E-state index in [2.05, 4.69) is 11.4 Å². The lowest BCUT2D eigenvalue weighted by molar-refractivity contribution is -0.122. The van der Waals surface area contributed by atoms with E-state index < -0.39 is 0 Å². The normalized spacial score (nSPS) is 17.8. The van der Waals surface area contributed by atoms with E-state index in [1.807, 2.05) is 42.1 Å². The van der Waals surface area contributed by atoms with Crippen LogP contribution in [0.1, 0.15) is 43.2 Å². The highest BCUT2D eigenvalue weighted by Gasteiger charge is 2.22. The lowest BCUT2D eigenvalue weighted by Gasteiger charge is -2.21. The molecule has 0 unspecified atom stereocenters. The highest BCUT2D eigenvalue weighted by molar-refractivity contribution is 8.76. The van der Waals surface area contributed by atoms with Gasteiger partial charge in [0.05, 0.1) is 19.9 Å². The van der Waals surface area contributed by atoms with Gasteiger partial charge in [-0.2, -0.15) is 0 Å². The minimum Gasteiger partial charge on any atom is -0.508 e. The third-order valence-corrected chi connectivity index (χ3v) is 9.08. The van der Waals surface area contributed by atoms with E-state index in [1.165, 1.54) is 0 Å². The van der Waals surface area contributed by atoms with Crippen LogP contribution in [0.15, 0.2) is 42.5 Å². The molecule has 1 aliphatic heterocycles. The van der Waals surface area contributed by atoms with Crippen LogP contribution in [0, 0.1) is 0 Å². The molecule has 4 rings (SSSR count). The van der Waals surface area contributed by atoms with Crippen molar-refractivity contribution >= 4 is 38.1 Å². The molecule has 1 atom stereocenters. The molecule has 3 N–H and O–H groups in total. The SMILES string of the molecule is CNCO[C@H]1CCCCSSCc2c(ccc3ccc(O)cc23)-c2c(ccc(O)c2OC)CCC(=O)C1. The van der Waals surface area contributed by atoms with Crippen molar-refractivity contribution < 1.29 is 24.5 Å². The maximum Gasteiger partial charge on any atom is 0.168 e. The summed E-state index contributed by atoms with van der Waals surface area (Å²) >= 11 is 0. The number of methoxy groups -OCH3 is 1. The summed E-state index contributed by atoms with van der Waals surface area (Å²) in [6.07, 6.45) is 4.16. The second kappa shape index (κ2) is 13.4. The number of phenols is 2. The van der Waals surface area contributed by atoms with Gasteiger partial charge in [0.1, 0.15) is 11.5 Å². The monoisotopic (exact) mass is 541 g/mol. The number of benzene rings is 3. The number of ether oxygens (including phenoxy) is 2. The number of aromatic hydroxyl groups is 2. The zero-order valence-electron chi connectivity index (χ0n) is 21.4. The number of phenolic OH excluding ortho intramolecular Hbond substituents is 2. The Hall–Kier alpha value is -2.39. The number of hydrogen-bond donors (Lipinski definition) is 3. The molecule has 198 valence electrons. The Kier molecular flexibility index (Phi) is 10.0. The van der Waals surface area contributed by atoms with E-state index in [0.717, 1.165) is 63.8 Å². The average Bonchev–Trinajstić information content (AvgIpc) is 2.89. The molecule has 1 aliphatic rings. The Morgan fingerprint density at radius 3 is 2.70 bits per heavy atom. The molecule has 37 heavy (non-hydrogen) atoms. The largest absolute Gasteiger partial charge is 0.508 e. The van der Waals surface area contributed by atoms with E-state index in [1.54, 1.807) is 30.0 Å². The molecule has 8 heteroatoms. The van der Waals surface area contributed by atoms with Gasteiger partial charge in [-0.3, -0.25) is 10.1 Å². The molecule has 6 nitrogen and oxygen atoms in total. The molecule has 0 fully saturated rings. The molecule has 0 saturated heterocycles. The highest BCUT2D eigenvalue weighted by Crippen LogP contribution is 2.45. The number of aryl methyl sites for hydroxylation is 1. The predicted molar refractivity (Wildman–Crippen MR) is 154 cm³/mol. The zero-order chi connectivity index (χ0) is 26.2. The molecule has 3 aromatic rings. The number of carbonyl (C=O) groups excluding carboxylic acids is 1. The first-order valence-electron chi connectivity index (χ1n) is 12.7. The lowest BCUT2D eigenvalue weighted by Crippen LogP contribution is -2.23. The van der Waals surface area contributed by atoms with E-state index in [0.29, 0.717) is 31.7 Å². The van der Waals surface area contributed by atoms with Crippen molar-refractivity contribution in [2.45, 2.75) is 50.4 Å². The van der Waals surface area contributed by atoms with Crippen molar-refractivity contribution in [2.75, 3.05) is 26.6 Å². The van der Waals surface area contributed by atoms with Gasteiger partial charge in [0.25, 0.3) is 0 Å². The number of hydrogen-bond acceptors (Lipinski definition) is 8. The van der Waals surface area contributed by atoms with Crippen LogP contribution >= 0.6 is 21.6 Å². The molecule has 0 aliphatic carbocycles. The fraction of sp³-hybridized carbons (Fsp3) is 0.414. The number of Topliss-reactive ketones (excluding diaryl/α,β-unsaturated/α-hetero) is 1. The Balaban J connectivity index is 1.79. The molecular formula is C29H35NO5S2. The standard InChI is InChI=1S/C29H35NO5S2/c1-30-18-35-23-5-3-4-14-36-37-17-26-24(12-8-19-6-10-22(32)16-25(19)26)28-20(7-11-21(31)15-23)9-13-27(33)29(28)34-2/h6,8-10,12-13,16,23,30,32-33H,3-5,7,11,14-15,17-18H2,1-2H3/t23-/m0/s1. The van der Waals surface area contributed by atoms with Gasteiger partial charge in [0, 0.05) is 29.9 Å². The fourth-order valence-electron chi connectivity index (χ4n) is 4.85. The smallest absolute Gasteiger partial charge is 0.168 e. The van der Waals surface area contributed by atoms with Gasteiger partial charge >= 0.3 is 0 Å². The molecule has 0 amide bonds. The summed E-state index contributed by atoms with van der Waals surface area (Å²) in [7, 11) is 7.03. The van der Waals surface area contributed by atoms with E-state index in [-0.39, 0.29) is 23.4 Å². The van der Waals surface area contributed by atoms with Gasteiger partial charge < -0.3 is 19.7 Å². The van der Waals surface area contributed by atoms with E-state index in [9.17, 15) is 15.0 Å². The third kappa shape index (κ3) is 6.93. The summed E-state index contributed by atoms with van der Waals surface area (Å²) in [6, 6.07) is 13.0. The van der Waals surface area contributed by atoms with Crippen LogP contribution in [-0.4, -0.2) is 48.7 Å². The van der Waals surface area contributed by atoms with Crippen LogP contribution in [0.5, 0.6) is 17.2 Å². The van der Waals surface area contributed by atoms with Crippen LogP contribution in [0.3, 0.4) is 0 Å². The first-order valence-corrected chi connectivity index (χ1v) is 15.2. The molecule has 1 heterocycles. The summed E-state index contributed by atoms with van der Waals surface area (Å²) in [5, 5.41) is 26.0. The summed E-state index contributed by atoms with van der Waals surface area (Å²) in [5.74, 6) is 2.58. The summed E-state index contributed by atoms with van der Waals surface area (Å²) in [6.45, 7) is 0.433. The van der Waals surface area contributed by atoms with Crippen molar-refractivity contribution in [3.05, 3.63) is 53.6 Å². The molecule has 0 aromatic heterocycles. The fourth-order valence-corrected chi connectivity index (χ4v) is 7.11. The van der Waals surface area contributed by atoms with Gasteiger partial charge in [0.15, 0.2) is 11.5 Å². The Morgan fingerprint density at radius 2 is 1.89 bits per heavy atom. The van der Waals surface area contributed by atoms with Crippen molar-refractivity contribution in [1.82, 2.24) is 5.32 Å². The van der Waals surface area contributed by atoms with Crippen LogP contribution < -0.4 is 10.1 Å². The number of nitrogens with one attached hydrogen (secondary N) is 1. The van der Waals surface area contributed by atoms with E-state index in [4.69, 9.17) is 9.47 Å². The average molecular weight is 542 g/mol. The maximum atomic E-state index is 13.0. The van der Waals surface area contributed by atoms with Crippen LogP contribution in [0.2, 0.25) is 0 Å². The van der Waals surface area contributed by atoms with Gasteiger partial charge in [-0.15, -0.1) is 0 Å². The molecular weight excluding hydrogens is 506 g/mol. The summed E-state index contributed by atoms with van der Waals surface area (Å²) in [5.41, 5.74) is 3.77. The van der Waals surface area contributed by atoms with Crippen LogP contribution in [0.4, 0.5) is 0 Å². The Labute approximate surface area is 226 Å². The predicted octanol–water partition coefficient (Wildman–Crippen LogP) is 6.45. The second-order valence-corrected chi connectivity index (χ2v) is 11.8. The van der Waals surface area contributed by atoms with Crippen molar-refractivity contribution in [3.8, 4) is 28.4 Å². The molecule has 0 spiro atoms. The number of fused-ring (bicyclic) bond motifs is 5. The van der Waals surface area contributed by atoms with Gasteiger partial charge in [-0.05, 0) is 72.0 Å². The molecule has 0 bridgehead atoms. The second-order valence-electron chi connectivity index (χ2n) is 9.26. The minimum absolute atomic E-state index is 0.0616. The van der Waals surface area contributed by atoms with E-state index >= 15 is 0 Å². The minimum atomic E-state index is -0.0842. The van der Waals surface area contributed by atoms with Gasteiger partial charge in [-0.25, -0.2) is 0 Å². The van der Waals surface area contributed by atoms with Crippen LogP contribution in [0.25, 0.3) is 21.9 Å². The Morgan fingerprint density at radius 1 is 1.05 bits per heavy atom. The van der Waals surface area contributed by atoms with Crippen molar-refractivity contribution in [2.24, 2.45) is 0 Å². The zero-order valence-corrected chi connectivity index (χ0v) is 23.1. The number of carbonyl (C=O) groups is 1. The van der Waals surface area contributed by atoms with Crippen molar-refractivity contribution in [3.63, 3.8) is 0 Å². The maximum absolute atomic E-state index is 13.0. The summed E-state index contributed by atoms with van der Waals surface area (Å²) in [4.78, 5) is 13.0. The third-order valence-electron chi connectivity index (χ3n) is 6.70. The van der Waals surface area contributed by atoms with Gasteiger partial charge in [-0.1, -0.05) is 52.3 Å². The molecule has 0 radical (unpaired) electrons. The van der Waals surface area contributed by atoms with Crippen LogP contribution in [-0.2, 0) is 21.7 Å². The Bertz CT molecular complexity index is 1230. The number of rotatable bonds is 4. The number of ketones is 1. The molecule has 0 saturated carbocycles. The first kappa shape index (κ1) is 27.6. The first-order chi connectivity index (χ1) is 18.0. The summed E-state index contributed by atoms with van der Waals surface area (Å²) < 4.78 is 11.6. The quantitative estimate of drug-likeness (QED) is 0.257.